The molecule has 1 unspecified atom stereocenters. The van der Waals surface area contributed by atoms with Crippen LogP contribution in [0.1, 0.15) is 83.9 Å². The van der Waals surface area contributed by atoms with E-state index in [-0.39, 0.29) is 10.8 Å². The van der Waals surface area contributed by atoms with Gasteiger partial charge >= 0.3 is 0 Å². The molecule has 3 heteroatoms. The van der Waals surface area contributed by atoms with Crippen molar-refractivity contribution in [1.82, 2.24) is 4.90 Å². The van der Waals surface area contributed by atoms with Gasteiger partial charge in [-0.25, -0.2) is 0 Å². The molecule has 0 spiro atoms. The minimum atomic E-state index is -0.0715. The fourth-order valence-electron chi connectivity index (χ4n) is 4.42. The molecule has 1 atom stereocenters. The van der Waals surface area contributed by atoms with Crippen molar-refractivity contribution in [2.24, 2.45) is 10.9 Å². The minimum Gasteiger partial charge on any atom is -0.507 e. The van der Waals surface area contributed by atoms with Gasteiger partial charge in [0, 0.05) is 25.6 Å². The molecule has 1 N–H and O–H groups in total. The van der Waals surface area contributed by atoms with Gasteiger partial charge in [-0.1, -0.05) is 60.1 Å². The number of phenols is 1. The molecule has 2 heterocycles. The Kier molecular flexibility index (Phi) is 5.61. The van der Waals surface area contributed by atoms with Gasteiger partial charge in [-0.3, -0.25) is 4.99 Å². The number of hydrogen-bond acceptors (Lipinski definition) is 3. The molecular formula is C24H38N2O. The number of hydrogen-bond donors (Lipinski definition) is 1. The molecule has 1 saturated heterocycles. The molecule has 3 rings (SSSR count). The molecular weight excluding hydrogens is 332 g/mol. The standard InChI is InChI=1S/C24H38N2O/c1-23(2,3)19-15-18(21(27)20(16-19)24(4,5)6)14-17-10-7-8-12-26-13-9-11-25-22(17)26/h15-17,27H,7-14H2,1-6H3. The Labute approximate surface area is 165 Å². The maximum Gasteiger partial charge on any atom is 0.122 e. The molecule has 2 aliphatic heterocycles. The average molecular weight is 371 g/mol. The van der Waals surface area contributed by atoms with Crippen LogP contribution in [0.15, 0.2) is 17.1 Å². The van der Waals surface area contributed by atoms with Gasteiger partial charge in [0.05, 0.1) is 0 Å². The second-order valence-corrected chi connectivity index (χ2v) is 10.5. The Morgan fingerprint density at radius 1 is 1.00 bits per heavy atom. The number of aromatic hydroxyl groups is 1. The van der Waals surface area contributed by atoms with E-state index in [1.54, 1.807) is 0 Å². The van der Waals surface area contributed by atoms with Crippen molar-refractivity contribution in [3.63, 3.8) is 0 Å². The van der Waals surface area contributed by atoms with Gasteiger partial charge < -0.3 is 10.0 Å². The van der Waals surface area contributed by atoms with Gasteiger partial charge in [0.2, 0.25) is 0 Å². The summed E-state index contributed by atoms with van der Waals surface area (Å²) in [7, 11) is 0. The first-order chi connectivity index (χ1) is 12.6. The van der Waals surface area contributed by atoms with E-state index in [0.29, 0.717) is 11.7 Å². The van der Waals surface area contributed by atoms with Crippen LogP contribution in [0.2, 0.25) is 0 Å². The molecule has 2 aliphatic rings. The Balaban J connectivity index is 2.01. The van der Waals surface area contributed by atoms with Crippen LogP contribution in [0.5, 0.6) is 5.75 Å². The molecule has 0 aromatic heterocycles. The summed E-state index contributed by atoms with van der Waals surface area (Å²) in [6.45, 7) is 16.6. The molecule has 0 radical (unpaired) electrons. The van der Waals surface area contributed by atoms with E-state index in [9.17, 15) is 5.11 Å². The van der Waals surface area contributed by atoms with Crippen LogP contribution in [0.3, 0.4) is 0 Å². The van der Waals surface area contributed by atoms with Gasteiger partial charge in [0.15, 0.2) is 0 Å². The number of nitrogens with zero attached hydrogens (tertiary/aromatic N) is 2. The zero-order chi connectivity index (χ0) is 19.8. The Morgan fingerprint density at radius 3 is 2.37 bits per heavy atom. The minimum absolute atomic E-state index is 0.0697. The highest BCUT2D eigenvalue weighted by atomic mass is 16.3. The smallest absolute Gasteiger partial charge is 0.122 e. The second kappa shape index (κ2) is 7.48. The summed E-state index contributed by atoms with van der Waals surface area (Å²) in [6.07, 6.45) is 5.77. The third kappa shape index (κ3) is 4.50. The lowest BCUT2D eigenvalue weighted by Crippen LogP contribution is -2.39. The van der Waals surface area contributed by atoms with Gasteiger partial charge in [-0.2, -0.15) is 0 Å². The van der Waals surface area contributed by atoms with E-state index in [1.807, 2.05) is 0 Å². The van der Waals surface area contributed by atoms with E-state index < -0.39 is 0 Å². The molecule has 1 aromatic carbocycles. The molecule has 0 aliphatic carbocycles. The topological polar surface area (TPSA) is 35.8 Å². The third-order valence-electron chi connectivity index (χ3n) is 6.11. The number of benzene rings is 1. The number of rotatable bonds is 2. The first-order valence-electron chi connectivity index (χ1n) is 10.7. The van der Waals surface area contributed by atoms with Gasteiger partial charge in [0.25, 0.3) is 0 Å². The molecule has 0 bridgehead atoms. The summed E-state index contributed by atoms with van der Waals surface area (Å²) in [5, 5.41) is 11.2. The lowest BCUT2D eigenvalue weighted by Gasteiger charge is -2.33. The quantitative estimate of drug-likeness (QED) is 0.753. The highest BCUT2D eigenvalue weighted by Gasteiger charge is 2.30. The Bertz CT molecular complexity index is 706. The first kappa shape index (κ1) is 20.2. The van der Waals surface area contributed by atoms with Crippen molar-refractivity contribution in [2.45, 2.75) is 84.5 Å². The summed E-state index contributed by atoms with van der Waals surface area (Å²) < 4.78 is 0. The molecule has 3 nitrogen and oxygen atoms in total. The van der Waals surface area contributed by atoms with Crippen LogP contribution in [0.25, 0.3) is 0 Å². The Morgan fingerprint density at radius 2 is 1.70 bits per heavy atom. The lowest BCUT2D eigenvalue weighted by molar-refractivity contribution is 0.381. The van der Waals surface area contributed by atoms with Crippen LogP contribution in [0.4, 0.5) is 0 Å². The third-order valence-corrected chi connectivity index (χ3v) is 6.11. The SMILES string of the molecule is CC(C)(C)c1cc(CC2CCCCN3CCCN=C23)c(O)c(C(C)(C)C)c1. The van der Waals surface area contributed by atoms with Gasteiger partial charge in [-0.05, 0) is 53.2 Å². The highest BCUT2D eigenvalue weighted by molar-refractivity contribution is 5.85. The van der Waals surface area contributed by atoms with E-state index >= 15 is 0 Å². The van der Waals surface area contributed by atoms with Crippen LogP contribution in [-0.2, 0) is 17.3 Å². The van der Waals surface area contributed by atoms with Crippen LogP contribution < -0.4 is 0 Å². The fraction of sp³-hybridized carbons (Fsp3) is 0.708. The normalized spacial score (nSPS) is 21.5. The Hall–Kier alpha value is -1.51. The highest BCUT2D eigenvalue weighted by Crippen LogP contribution is 2.39. The van der Waals surface area contributed by atoms with E-state index in [1.165, 1.54) is 37.1 Å². The second-order valence-electron chi connectivity index (χ2n) is 10.5. The zero-order valence-corrected chi connectivity index (χ0v) is 18.2. The van der Waals surface area contributed by atoms with Gasteiger partial charge in [0.1, 0.15) is 11.6 Å². The van der Waals surface area contributed by atoms with Gasteiger partial charge in [-0.15, -0.1) is 0 Å². The molecule has 0 saturated carbocycles. The van der Waals surface area contributed by atoms with Crippen molar-refractivity contribution >= 4 is 5.84 Å². The zero-order valence-electron chi connectivity index (χ0n) is 18.2. The van der Waals surface area contributed by atoms with Crippen molar-refractivity contribution in [3.05, 3.63) is 28.8 Å². The summed E-state index contributed by atoms with van der Waals surface area (Å²) in [5.74, 6) is 2.24. The molecule has 150 valence electrons. The summed E-state index contributed by atoms with van der Waals surface area (Å²) in [4.78, 5) is 7.43. The predicted molar refractivity (Wildman–Crippen MR) is 115 cm³/mol. The van der Waals surface area contributed by atoms with Crippen LogP contribution in [-0.4, -0.2) is 35.5 Å². The number of phenolic OH excluding ortho intramolecular Hbond substituents is 1. The number of aliphatic imine (C=N–C) groups is 1. The van der Waals surface area contributed by atoms with Crippen molar-refractivity contribution in [3.8, 4) is 5.75 Å². The van der Waals surface area contributed by atoms with Crippen molar-refractivity contribution in [1.29, 1.82) is 0 Å². The summed E-state index contributed by atoms with van der Waals surface area (Å²) in [6, 6.07) is 4.47. The largest absolute Gasteiger partial charge is 0.507 e. The lowest BCUT2D eigenvalue weighted by atomic mass is 9.77. The molecule has 1 aromatic rings. The fourth-order valence-corrected chi connectivity index (χ4v) is 4.42. The summed E-state index contributed by atoms with van der Waals surface area (Å²) >= 11 is 0. The number of fused-ring (bicyclic) bond motifs is 1. The van der Waals surface area contributed by atoms with Crippen LogP contribution >= 0.6 is 0 Å². The van der Waals surface area contributed by atoms with Crippen molar-refractivity contribution in [2.75, 3.05) is 19.6 Å². The molecule has 27 heavy (non-hydrogen) atoms. The molecule has 1 fully saturated rings. The van der Waals surface area contributed by atoms with Crippen LogP contribution in [0, 0.1) is 5.92 Å². The predicted octanol–water partition coefficient (Wildman–Crippen LogP) is 5.43. The average Bonchev–Trinajstić information content (AvgIpc) is 2.77. The first-order valence-corrected chi connectivity index (χ1v) is 10.7. The number of amidine groups is 1. The maximum atomic E-state index is 11.2. The van der Waals surface area contributed by atoms with E-state index in [4.69, 9.17) is 4.99 Å². The van der Waals surface area contributed by atoms with E-state index in [2.05, 4.69) is 58.6 Å². The summed E-state index contributed by atoms with van der Waals surface area (Å²) in [5.41, 5.74) is 3.49. The maximum absolute atomic E-state index is 11.2. The monoisotopic (exact) mass is 370 g/mol. The van der Waals surface area contributed by atoms with Crippen molar-refractivity contribution < 1.29 is 5.11 Å². The molecule has 0 amide bonds. The van der Waals surface area contributed by atoms with E-state index in [0.717, 1.165) is 37.2 Å².